The first-order chi connectivity index (χ1) is 8.47. The fraction of sp³-hybridized carbons (Fsp3) is 0.545. The minimum Gasteiger partial charge on any atom is -0.390 e. The van der Waals surface area contributed by atoms with Crippen molar-refractivity contribution in [2.24, 2.45) is 0 Å². The maximum atomic E-state index is 10.6. The average Bonchev–Trinajstić information content (AvgIpc) is 2.34. The van der Waals surface area contributed by atoms with E-state index in [1.807, 2.05) is 0 Å². The van der Waals surface area contributed by atoms with Crippen molar-refractivity contribution < 1.29 is 15.1 Å². The van der Waals surface area contributed by atoms with Crippen molar-refractivity contribution in [1.29, 1.82) is 0 Å². The van der Waals surface area contributed by atoms with Gasteiger partial charge in [0.1, 0.15) is 12.3 Å². The van der Waals surface area contributed by atoms with Crippen molar-refractivity contribution >= 4 is 5.69 Å². The van der Waals surface area contributed by atoms with E-state index in [2.05, 4.69) is 10.3 Å². The summed E-state index contributed by atoms with van der Waals surface area (Å²) in [4.78, 5) is 13.9. The Kier molecular flexibility index (Phi) is 5.14. The molecule has 0 aliphatic heterocycles. The van der Waals surface area contributed by atoms with Crippen LogP contribution in [0.15, 0.2) is 12.3 Å². The van der Waals surface area contributed by atoms with Crippen molar-refractivity contribution in [2.45, 2.75) is 25.6 Å². The number of hydrogen-bond acceptors (Lipinski definition) is 6. The standard InChI is InChI=1S/C11H17N3O4/c1-7-5-8(13-6-9(7)14(17)18)11(16)10(15)3-4-12-2/h5-6,10-12,15-16H,3-4H2,1-2H3. The summed E-state index contributed by atoms with van der Waals surface area (Å²) in [6.45, 7) is 2.13. The molecule has 0 fully saturated rings. The van der Waals surface area contributed by atoms with E-state index in [1.54, 1.807) is 14.0 Å². The minimum atomic E-state index is -1.14. The number of pyridine rings is 1. The number of hydrogen-bond donors (Lipinski definition) is 3. The van der Waals surface area contributed by atoms with Gasteiger partial charge in [-0.3, -0.25) is 15.1 Å². The predicted octanol–water partition coefficient (Wildman–Crippen LogP) is 0.302. The first-order valence-corrected chi connectivity index (χ1v) is 5.59. The Morgan fingerprint density at radius 2 is 2.22 bits per heavy atom. The van der Waals surface area contributed by atoms with Gasteiger partial charge in [-0.2, -0.15) is 0 Å². The molecule has 2 atom stereocenters. The van der Waals surface area contributed by atoms with Gasteiger partial charge in [0.2, 0.25) is 0 Å². The topological polar surface area (TPSA) is 109 Å². The molecule has 1 aromatic rings. The zero-order valence-corrected chi connectivity index (χ0v) is 10.3. The summed E-state index contributed by atoms with van der Waals surface area (Å²) in [5.41, 5.74) is 0.544. The lowest BCUT2D eigenvalue weighted by Crippen LogP contribution is -2.24. The number of aryl methyl sites for hydroxylation is 1. The molecule has 100 valence electrons. The van der Waals surface area contributed by atoms with E-state index < -0.39 is 17.1 Å². The highest BCUT2D eigenvalue weighted by molar-refractivity contribution is 5.38. The molecule has 1 aromatic heterocycles. The number of nitrogens with one attached hydrogen (secondary N) is 1. The molecule has 0 amide bonds. The van der Waals surface area contributed by atoms with Crippen LogP contribution >= 0.6 is 0 Å². The second-order valence-corrected chi connectivity index (χ2v) is 4.06. The molecule has 0 saturated heterocycles. The van der Waals surface area contributed by atoms with Crippen LogP contribution in [-0.4, -0.2) is 39.8 Å². The second kappa shape index (κ2) is 6.39. The third kappa shape index (κ3) is 3.46. The summed E-state index contributed by atoms with van der Waals surface area (Å²) in [7, 11) is 1.74. The summed E-state index contributed by atoms with van der Waals surface area (Å²) < 4.78 is 0. The summed E-state index contributed by atoms with van der Waals surface area (Å²) in [6.07, 6.45) is -0.628. The lowest BCUT2D eigenvalue weighted by Gasteiger charge is -2.17. The Bertz CT molecular complexity index is 425. The van der Waals surface area contributed by atoms with Crippen LogP contribution < -0.4 is 5.32 Å². The lowest BCUT2D eigenvalue weighted by molar-refractivity contribution is -0.385. The quantitative estimate of drug-likeness (QED) is 0.498. The van der Waals surface area contributed by atoms with E-state index in [0.29, 0.717) is 18.5 Å². The van der Waals surface area contributed by atoms with Gasteiger partial charge in [0.15, 0.2) is 0 Å². The van der Waals surface area contributed by atoms with E-state index in [0.717, 1.165) is 6.20 Å². The van der Waals surface area contributed by atoms with Crippen LogP contribution in [0.25, 0.3) is 0 Å². The normalized spacial score (nSPS) is 14.2. The predicted molar refractivity (Wildman–Crippen MR) is 65.1 cm³/mol. The van der Waals surface area contributed by atoms with Crippen LogP contribution in [0.4, 0.5) is 5.69 Å². The number of nitro groups is 1. The number of rotatable bonds is 6. The molecular formula is C11H17N3O4. The maximum absolute atomic E-state index is 10.6. The molecule has 0 saturated carbocycles. The Morgan fingerprint density at radius 1 is 1.56 bits per heavy atom. The first-order valence-electron chi connectivity index (χ1n) is 5.59. The average molecular weight is 255 g/mol. The number of nitrogens with zero attached hydrogens (tertiary/aromatic N) is 2. The van der Waals surface area contributed by atoms with Gasteiger partial charge in [0.25, 0.3) is 5.69 Å². The van der Waals surface area contributed by atoms with Crippen LogP contribution in [0.2, 0.25) is 0 Å². The van der Waals surface area contributed by atoms with E-state index in [-0.39, 0.29) is 11.4 Å². The Labute approximate surface area is 105 Å². The molecule has 1 heterocycles. The van der Waals surface area contributed by atoms with E-state index in [9.17, 15) is 20.3 Å². The highest BCUT2D eigenvalue weighted by atomic mass is 16.6. The molecule has 1 rings (SSSR count). The molecule has 0 spiro atoms. The van der Waals surface area contributed by atoms with Crippen molar-refractivity contribution in [2.75, 3.05) is 13.6 Å². The van der Waals surface area contributed by atoms with Crippen molar-refractivity contribution in [1.82, 2.24) is 10.3 Å². The van der Waals surface area contributed by atoms with E-state index >= 15 is 0 Å². The van der Waals surface area contributed by atoms with Gasteiger partial charge in [0.05, 0.1) is 16.7 Å². The lowest BCUT2D eigenvalue weighted by atomic mass is 10.1. The highest BCUT2D eigenvalue weighted by Crippen LogP contribution is 2.22. The van der Waals surface area contributed by atoms with Gasteiger partial charge in [-0.25, -0.2) is 0 Å². The van der Waals surface area contributed by atoms with Gasteiger partial charge in [-0.05, 0) is 33.0 Å². The molecule has 0 aliphatic carbocycles. The SMILES string of the molecule is CNCCC(O)C(O)c1cc(C)c([N+](=O)[O-])cn1. The fourth-order valence-corrected chi connectivity index (χ4v) is 1.57. The van der Waals surface area contributed by atoms with Crippen LogP contribution in [-0.2, 0) is 0 Å². The van der Waals surface area contributed by atoms with E-state index in [4.69, 9.17) is 0 Å². The first kappa shape index (κ1) is 14.5. The van der Waals surface area contributed by atoms with Crippen LogP contribution in [0, 0.1) is 17.0 Å². The monoisotopic (exact) mass is 255 g/mol. The molecule has 0 bridgehead atoms. The molecule has 18 heavy (non-hydrogen) atoms. The molecular weight excluding hydrogens is 238 g/mol. The van der Waals surface area contributed by atoms with Crippen molar-refractivity contribution in [3.8, 4) is 0 Å². The molecule has 7 heteroatoms. The van der Waals surface area contributed by atoms with Crippen molar-refractivity contribution in [3.63, 3.8) is 0 Å². The fourth-order valence-electron chi connectivity index (χ4n) is 1.57. The highest BCUT2D eigenvalue weighted by Gasteiger charge is 2.21. The molecule has 7 nitrogen and oxygen atoms in total. The van der Waals surface area contributed by atoms with Crippen LogP contribution in [0.3, 0.4) is 0 Å². The molecule has 3 N–H and O–H groups in total. The van der Waals surface area contributed by atoms with Gasteiger partial charge >= 0.3 is 0 Å². The van der Waals surface area contributed by atoms with Crippen LogP contribution in [0.5, 0.6) is 0 Å². The summed E-state index contributed by atoms with van der Waals surface area (Å²) in [6, 6.07) is 1.42. The minimum absolute atomic E-state index is 0.101. The van der Waals surface area contributed by atoms with Gasteiger partial charge in [-0.1, -0.05) is 0 Å². The molecule has 0 aromatic carbocycles. The largest absolute Gasteiger partial charge is 0.390 e. The Hall–Kier alpha value is -1.57. The van der Waals surface area contributed by atoms with Crippen LogP contribution in [0.1, 0.15) is 23.8 Å². The molecule has 0 aliphatic rings. The summed E-state index contributed by atoms with van der Waals surface area (Å²) >= 11 is 0. The van der Waals surface area contributed by atoms with Crippen molar-refractivity contribution in [3.05, 3.63) is 33.6 Å². The van der Waals surface area contributed by atoms with Gasteiger partial charge in [-0.15, -0.1) is 0 Å². The third-order valence-electron chi connectivity index (χ3n) is 2.66. The maximum Gasteiger partial charge on any atom is 0.290 e. The number of aromatic nitrogens is 1. The Morgan fingerprint density at radius 3 is 2.72 bits per heavy atom. The second-order valence-electron chi connectivity index (χ2n) is 4.06. The zero-order valence-electron chi connectivity index (χ0n) is 10.3. The van der Waals surface area contributed by atoms with Gasteiger partial charge < -0.3 is 15.5 Å². The zero-order chi connectivity index (χ0) is 13.7. The molecule has 2 unspecified atom stereocenters. The smallest absolute Gasteiger partial charge is 0.290 e. The Balaban J connectivity index is 2.83. The third-order valence-corrected chi connectivity index (χ3v) is 2.66. The number of aliphatic hydroxyl groups is 2. The summed E-state index contributed by atoms with van der Waals surface area (Å²) in [5.74, 6) is 0. The van der Waals surface area contributed by atoms with Gasteiger partial charge in [0, 0.05) is 5.56 Å². The molecule has 0 radical (unpaired) electrons. The summed E-state index contributed by atoms with van der Waals surface area (Å²) in [5, 5.41) is 33.1. The van der Waals surface area contributed by atoms with E-state index in [1.165, 1.54) is 6.07 Å². The number of aliphatic hydroxyl groups excluding tert-OH is 2.